The maximum Gasteiger partial charge on any atom is 0.433 e. The van der Waals surface area contributed by atoms with E-state index in [4.69, 9.17) is 4.42 Å². The Labute approximate surface area is 145 Å². The zero-order valence-electron chi connectivity index (χ0n) is 14.1. The smallest absolute Gasteiger partial charge is 0.395 e. The van der Waals surface area contributed by atoms with Crippen molar-refractivity contribution >= 4 is 17.7 Å². The van der Waals surface area contributed by atoms with Crippen LogP contribution in [0.3, 0.4) is 0 Å². The molecule has 2 amide bonds. The molecule has 0 unspecified atom stereocenters. The second-order valence-corrected chi connectivity index (χ2v) is 6.40. The van der Waals surface area contributed by atoms with E-state index in [9.17, 15) is 19.7 Å². The lowest BCUT2D eigenvalue weighted by Crippen LogP contribution is -2.52. The molecule has 1 aromatic rings. The van der Waals surface area contributed by atoms with Crippen LogP contribution in [0, 0.1) is 10.1 Å². The number of amides is 2. The van der Waals surface area contributed by atoms with Crippen LogP contribution in [0.25, 0.3) is 0 Å². The number of piperidine rings is 1. The van der Waals surface area contributed by atoms with Crippen molar-refractivity contribution in [3.8, 4) is 0 Å². The molecule has 2 aliphatic heterocycles. The molecular formula is C16H22N4O5. The van der Waals surface area contributed by atoms with Gasteiger partial charge in [-0.3, -0.25) is 24.6 Å². The first-order chi connectivity index (χ1) is 12.0. The van der Waals surface area contributed by atoms with Crippen LogP contribution < -0.4 is 0 Å². The summed E-state index contributed by atoms with van der Waals surface area (Å²) in [6, 6.07) is 2.51. The Hall–Kier alpha value is -2.42. The average molecular weight is 350 g/mol. The van der Waals surface area contributed by atoms with E-state index in [0.717, 1.165) is 25.9 Å². The van der Waals surface area contributed by atoms with Gasteiger partial charge in [0.2, 0.25) is 5.91 Å². The van der Waals surface area contributed by atoms with Crippen LogP contribution in [0.2, 0.25) is 0 Å². The molecule has 2 aliphatic rings. The number of likely N-dealkylation sites (tertiary alicyclic amines) is 1. The fourth-order valence-corrected chi connectivity index (χ4v) is 3.24. The molecule has 2 saturated heterocycles. The van der Waals surface area contributed by atoms with Crippen molar-refractivity contribution in [1.82, 2.24) is 14.7 Å². The van der Waals surface area contributed by atoms with E-state index < -0.39 is 10.8 Å². The first-order valence-corrected chi connectivity index (χ1v) is 8.58. The zero-order valence-corrected chi connectivity index (χ0v) is 14.1. The van der Waals surface area contributed by atoms with Crippen LogP contribution in [0.5, 0.6) is 0 Å². The van der Waals surface area contributed by atoms with E-state index in [1.54, 1.807) is 4.90 Å². The van der Waals surface area contributed by atoms with Crippen molar-refractivity contribution in [1.29, 1.82) is 0 Å². The van der Waals surface area contributed by atoms with Gasteiger partial charge in [0, 0.05) is 39.3 Å². The summed E-state index contributed by atoms with van der Waals surface area (Å²) in [7, 11) is 0. The summed E-state index contributed by atoms with van der Waals surface area (Å²) in [4.78, 5) is 40.2. The zero-order chi connectivity index (χ0) is 17.8. The molecule has 0 spiro atoms. The quantitative estimate of drug-likeness (QED) is 0.592. The molecule has 25 heavy (non-hydrogen) atoms. The topological polar surface area (TPSA) is 100 Å². The van der Waals surface area contributed by atoms with Crippen LogP contribution in [-0.2, 0) is 4.79 Å². The second kappa shape index (κ2) is 7.64. The fraction of sp³-hybridized carbons (Fsp3) is 0.625. The van der Waals surface area contributed by atoms with E-state index in [1.807, 2.05) is 9.80 Å². The molecule has 3 heterocycles. The van der Waals surface area contributed by atoms with Crippen LogP contribution in [0.15, 0.2) is 16.5 Å². The van der Waals surface area contributed by atoms with Crippen LogP contribution in [0.1, 0.15) is 29.8 Å². The predicted molar refractivity (Wildman–Crippen MR) is 88.1 cm³/mol. The van der Waals surface area contributed by atoms with Gasteiger partial charge in [-0.05, 0) is 25.3 Å². The van der Waals surface area contributed by atoms with Gasteiger partial charge in [0.25, 0.3) is 5.91 Å². The van der Waals surface area contributed by atoms with E-state index in [-0.39, 0.29) is 17.6 Å². The lowest BCUT2D eigenvalue weighted by molar-refractivity contribution is -0.402. The maximum absolute atomic E-state index is 12.3. The Morgan fingerprint density at radius 3 is 2.28 bits per heavy atom. The molecule has 3 rings (SSSR count). The Morgan fingerprint density at radius 1 is 1.00 bits per heavy atom. The molecule has 0 saturated carbocycles. The third kappa shape index (κ3) is 4.16. The maximum atomic E-state index is 12.3. The Morgan fingerprint density at radius 2 is 1.68 bits per heavy atom. The molecular weight excluding hydrogens is 328 g/mol. The van der Waals surface area contributed by atoms with E-state index >= 15 is 0 Å². The van der Waals surface area contributed by atoms with Crippen LogP contribution >= 0.6 is 0 Å². The third-order valence-electron chi connectivity index (χ3n) is 4.71. The lowest BCUT2D eigenvalue weighted by Gasteiger charge is -2.35. The lowest BCUT2D eigenvalue weighted by atomic mass is 10.1. The van der Waals surface area contributed by atoms with Crippen molar-refractivity contribution in [2.75, 3.05) is 45.8 Å². The Bertz CT molecular complexity index is 645. The van der Waals surface area contributed by atoms with Gasteiger partial charge < -0.3 is 14.2 Å². The third-order valence-corrected chi connectivity index (χ3v) is 4.71. The average Bonchev–Trinajstić information content (AvgIpc) is 3.13. The molecule has 9 nitrogen and oxygen atoms in total. The summed E-state index contributed by atoms with van der Waals surface area (Å²) in [5.74, 6) is -0.657. The van der Waals surface area contributed by atoms with Crippen LogP contribution in [0.4, 0.5) is 5.88 Å². The molecule has 0 atom stereocenters. The number of hydrogen-bond donors (Lipinski definition) is 0. The van der Waals surface area contributed by atoms with Gasteiger partial charge in [-0.1, -0.05) is 0 Å². The number of rotatable bonds is 4. The van der Waals surface area contributed by atoms with Gasteiger partial charge in [0.15, 0.2) is 5.76 Å². The van der Waals surface area contributed by atoms with Crippen molar-refractivity contribution in [2.24, 2.45) is 0 Å². The minimum absolute atomic E-state index is 0.0236. The Balaban J connectivity index is 1.48. The minimum atomic E-state index is -0.666. The second-order valence-electron chi connectivity index (χ2n) is 6.40. The standard InChI is InChI=1S/C16H22N4O5/c21-14(18-6-2-1-3-7-18)12-17-8-10-19(11-9-17)16(22)13-4-5-15(25-13)20(23)24/h4-5H,1-3,6-12H2. The SMILES string of the molecule is O=C(CN1CCN(C(=O)c2ccc([N+](=O)[O-])o2)CC1)N1CCCCC1. The predicted octanol–water partition coefficient (Wildman–Crippen LogP) is 0.958. The highest BCUT2D eigenvalue weighted by atomic mass is 16.6. The molecule has 1 aromatic heterocycles. The van der Waals surface area contributed by atoms with Gasteiger partial charge in [-0.25, -0.2) is 0 Å². The summed E-state index contributed by atoms with van der Waals surface area (Å²) >= 11 is 0. The molecule has 9 heteroatoms. The highest BCUT2D eigenvalue weighted by molar-refractivity contribution is 5.91. The normalized spacial score (nSPS) is 19.0. The number of hydrogen-bond acceptors (Lipinski definition) is 6. The van der Waals surface area contributed by atoms with Gasteiger partial charge >= 0.3 is 5.88 Å². The van der Waals surface area contributed by atoms with E-state index in [0.29, 0.717) is 32.7 Å². The molecule has 0 aliphatic carbocycles. The molecule has 0 aromatic carbocycles. The van der Waals surface area contributed by atoms with Crippen molar-refractivity contribution in [3.63, 3.8) is 0 Å². The Kier molecular flexibility index (Phi) is 5.32. The molecule has 136 valence electrons. The minimum Gasteiger partial charge on any atom is -0.395 e. The van der Waals surface area contributed by atoms with E-state index in [2.05, 4.69) is 0 Å². The molecule has 0 radical (unpaired) electrons. The number of piperazine rings is 1. The van der Waals surface area contributed by atoms with Crippen molar-refractivity contribution in [2.45, 2.75) is 19.3 Å². The summed E-state index contributed by atoms with van der Waals surface area (Å²) in [5.41, 5.74) is 0. The number of nitro groups is 1. The molecule has 2 fully saturated rings. The highest BCUT2D eigenvalue weighted by Crippen LogP contribution is 2.18. The fourth-order valence-electron chi connectivity index (χ4n) is 3.24. The summed E-state index contributed by atoms with van der Waals surface area (Å²) in [6.45, 7) is 4.22. The van der Waals surface area contributed by atoms with Crippen molar-refractivity contribution in [3.05, 3.63) is 28.0 Å². The van der Waals surface area contributed by atoms with Gasteiger partial charge in [-0.15, -0.1) is 0 Å². The number of furan rings is 1. The summed E-state index contributed by atoms with van der Waals surface area (Å²) in [6.07, 6.45) is 3.34. The monoisotopic (exact) mass is 350 g/mol. The number of carbonyl (C=O) groups excluding carboxylic acids is 2. The summed E-state index contributed by atoms with van der Waals surface area (Å²) in [5, 5.41) is 10.6. The highest BCUT2D eigenvalue weighted by Gasteiger charge is 2.27. The molecule has 0 N–H and O–H groups in total. The first kappa shape index (κ1) is 17.4. The largest absolute Gasteiger partial charge is 0.433 e. The number of carbonyl (C=O) groups is 2. The van der Waals surface area contributed by atoms with Gasteiger partial charge in [-0.2, -0.15) is 0 Å². The van der Waals surface area contributed by atoms with Crippen LogP contribution in [-0.4, -0.2) is 77.3 Å². The summed E-state index contributed by atoms with van der Waals surface area (Å²) < 4.78 is 4.97. The van der Waals surface area contributed by atoms with Crippen molar-refractivity contribution < 1.29 is 18.9 Å². The van der Waals surface area contributed by atoms with E-state index in [1.165, 1.54) is 18.6 Å². The van der Waals surface area contributed by atoms with Gasteiger partial charge in [0.05, 0.1) is 12.6 Å². The molecule has 0 bridgehead atoms. The number of nitrogens with zero attached hydrogens (tertiary/aromatic N) is 4. The first-order valence-electron chi connectivity index (χ1n) is 8.58. The van der Waals surface area contributed by atoms with Gasteiger partial charge in [0.1, 0.15) is 4.92 Å².